The largest absolute Gasteiger partial charge is 0.380 e. The Morgan fingerprint density at radius 3 is 1.79 bits per heavy atom. The Kier molecular flexibility index (Phi) is 15.2. The molecule has 0 aliphatic heterocycles. The third-order valence-electron chi connectivity index (χ3n) is 3.69. The minimum atomic E-state index is -0.487. The number of rotatable bonds is 16. The van der Waals surface area contributed by atoms with Gasteiger partial charge in [0.2, 0.25) is 0 Å². The average Bonchev–Trinajstić information content (AvgIpc) is 2.71. The van der Waals surface area contributed by atoms with Crippen molar-refractivity contribution < 1.29 is 19.0 Å². The van der Waals surface area contributed by atoms with Crippen molar-refractivity contribution in [3.63, 3.8) is 0 Å². The van der Waals surface area contributed by atoms with E-state index >= 15 is 0 Å². The number of Topliss-reactive ketones (excluding diaryl/α,β-unsaturated/α-hetero) is 1. The van der Waals surface area contributed by atoms with Crippen molar-refractivity contribution in [3.8, 4) is 0 Å². The molecule has 28 heavy (non-hydrogen) atoms. The highest BCUT2D eigenvalue weighted by Gasteiger charge is 2.19. The van der Waals surface area contributed by atoms with Gasteiger partial charge < -0.3 is 24.8 Å². The standard InChI is InChI=1S/C18H30N2O6.C2H6/c1-4-19-15-16(18(23)17(15)22)20-6-8-25-10-12-26-11-9-24-7-5-14(21)13(2)3;1-2/h13,19-20H,4-12H2,1-3H3;1-2H3. The van der Waals surface area contributed by atoms with Gasteiger partial charge in [0, 0.05) is 25.4 Å². The molecule has 0 heterocycles. The lowest BCUT2D eigenvalue weighted by Gasteiger charge is -2.13. The molecule has 0 aliphatic carbocycles. The zero-order chi connectivity index (χ0) is 21.4. The second kappa shape index (κ2) is 16.2. The second-order valence-corrected chi connectivity index (χ2v) is 6.07. The van der Waals surface area contributed by atoms with Gasteiger partial charge in [0.05, 0.1) is 39.6 Å². The van der Waals surface area contributed by atoms with Crippen LogP contribution in [-0.2, 0) is 19.0 Å². The monoisotopic (exact) mass is 400 g/mol. The molecule has 2 N–H and O–H groups in total. The van der Waals surface area contributed by atoms with Crippen LogP contribution in [0.5, 0.6) is 0 Å². The van der Waals surface area contributed by atoms with Crippen molar-refractivity contribution in [1.29, 1.82) is 0 Å². The van der Waals surface area contributed by atoms with Crippen molar-refractivity contribution >= 4 is 17.2 Å². The van der Waals surface area contributed by atoms with Crippen molar-refractivity contribution in [1.82, 2.24) is 0 Å². The predicted octanol–water partition coefficient (Wildman–Crippen LogP) is 1.82. The van der Waals surface area contributed by atoms with Crippen LogP contribution in [0.2, 0.25) is 0 Å². The van der Waals surface area contributed by atoms with Crippen LogP contribution in [0.4, 0.5) is 11.4 Å². The number of ketones is 1. The summed E-state index contributed by atoms with van der Waals surface area (Å²) >= 11 is 0. The molecule has 0 bridgehead atoms. The van der Waals surface area contributed by atoms with E-state index in [-0.39, 0.29) is 11.7 Å². The normalized spacial score (nSPS) is 10.6. The highest BCUT2D eigenvalue weighted by molar-refractivity contribution is 5.80. The van der Waals surface area contributed by atoms with Crippen molar-refractivity contribution in [2.45, 2.75) is 41.0 Å². The van der Waals surface area contributed by atoms with Gasteiger partial charge in [-0.15, -0.1) is 0 Å². The van der Waals surface area contributed by atoms with Crippen LogP contribution in [0, 0.1) is 5.92 Å². The number of carbonyl (C=O) groups is 1. The van der Waals surface area contributed by atoms with Crippen molar-refractivity contribution in [2.24, 2.45) is 5.92 Å². The molecule has 0 atom stereocenters. The van der Waals surface area contributed by atoms with E-state index in [1.54, 1.807) is 0 Å². The Balaban J connectivity index is 0.00000352. The summed E-state index contributed by atoms with van der Waals surface area (Å²) in [6, 6.07) is 0. The smallest absolute Gasteiger partial charge is 0.253 e. The maximum Gasteiger partial charge on any atom is 0.253 e. The topological polar surface area (TPSA) is 103 Å². The Hall–Kier alpha value is -1.77. The number of hydrogen-bond donors (Lipinski definition) is 2. The zero-order valence-electron chi connectivity index (χ0n) is 17.9. The minimum absolute atomic E-state index is 0.0511. The molecule has 0 unspecified atom stereocenters. The number of ether oxygens (including phenoxy) is 3. The van der Waals surface area contributed by atoms with Gasteiger partial charge in [0.15, 0.2) is 0 Å². The van der Waals surface area contributed by atoms with Crippen LogP contribution < -0.4 is 21.5 Å². The number of carbonyl (C=O) groups excluding carboxylic acids is 1. The van der Waals surface area contributed by atoms with Gasteiger partial charge in [-0.3, -0.25) is 14.4 Å². The summed E-state index contributed by atoms with van der Waals surface area (Å²) in [5.74, 6) is 0.254. The molecule has 0 saturated carbocycles. The first-order chi connectivity index (χ1) is 13.5. The highest BCUT2D eigenvalue weighted by atomic mass is 16.5. The van der Waals surface area contributed by atoms with E-state index in [0.717, 1.165) is 0 Å². The van der Waals surface area contributed by atoms with Crippen LogP contribution in [0.25, 0.3) is 0 Å². The summed E-state index contributed by atoms with van der Waals surface area (Å²) in [5.41, 5.74) is -0.264. The van der Waals surface area contributed by atoms with Gasteiger partial charge in [-0.1, -0.05) is 27.7 Å². The predicted molar refractivity (Wildman–Crippen MR) is 112 cm³/mol. The lowest BCUT2D eigenvalue weighted by atomic mass is 10.1. The van der Waals surface area contributed by atoms with E-state index in [1.165, 1.54) is 0 Å². The molecule has 0 aromatic heterocycles. The lowest BCUT2D eigenvalue weighted by Crippen LogP contribution is -2.38. The molecule has 8 heteroatoms. The SMILES string of the molecule is CC.CCNc1c(NCCOCCOCCOCCC(=O)C(C)C)c(=O)c1=O. The molecule has 0 fully saturated rings. The zero-order valence-corrected chi connectivity index (χ0v) is 17.9. The highest BCUT2D eigenvalue weighted by Crippen LogP contribution is 2.12. The number of nitrogens with one attached hydrogen (secondary N) is 2. The van der Waals surface area contributed by atoms with Crippen LogP contribution in [0.3, 0.4) is 0 Å². The van der Waals surface area contributed by atoms with Gasteiger partial charge in [0.25, 0.3) is 10.9 Å². The average molecular weight is 401 g/mol. The lowest BCUT2D eigenvalue weighted by molar-refractivity contribution is -0.123. The van der Waals surface area contributed by atoms with Gasteiger partial charge >= 0.3 is 0 Å². The summed E-state index contributed by atoms with van der Waals surface area (Å²) in [4.78, 5) is 34.1. The van der Waals surface area contributed by atoms with Gasteiger partial charge in [0.1, 0.15) is 17.2 Å². The third-order valence-corrected chi connectivity index (χ3v) is 3.69. The van der Waals surface area contributed by atoms with Crippen LogP contribution in [-0.4, -0.2) is 58.5 Å². The Labute approximate surface area is 167 Å². The van der Waals surface area contributed by atoms with Crippen LogP contribution >= 0.6 is 0 Å². The molecule has 8 nitrogen and oxygen atoms in total. The molecular formula is C20H36N2O6. The first-order valence-electron chi connectivity index (χ1n) is 10.1. The van der Waals surface area contributed by atoms with Crippen molar-refractivity contribution in [2.75, 3.05) is 63.4 Å². The summed E-state index contributed by atoms with van der Waals surface area (Å²) < 4.78 is 16.1. The van der Waals surface area contributed by atoms with Gasteiger partial charge in [-0.25, -0.2) is 0 Å². The number of hydrogen-bond acceptors (Lipinski definition) is 8. The van der Waals surface area contributed by atoms with Crippen LogP contribution in [0.15, 0.2) is 9.59 Å². The molecule has 1 rings (SSSR count). The third kappa shape index (κ3) is 9.96. The molecule has 0 amide bonds. The first-order valence-corrected chi connectivity index (χ1v) is 10.1. The fourth-order valence-corrected chi connectivity index (χ4v) is 2.16. The van der Waals surface area contributed by atoms with E-state index < -0.39 is 10.9 Å². The maximum absolute atomic E-state index is 11.4. The second-order valence-electron chi connectivity index (χ2n) is 6.07. The Morgan fingerprint density at radius 1 is 0.821 bits per heavy atom. The summed E-state index contributed by atoms with van der Waals surface area (Å²) in [6.07, 6.45) is 0.438. The molecule has 162 valence electrons. The molecule has 0 radical (unpaired) electrons. The fourth-order valence-electron chi connectivity index (χ4n) is 2.16. The maximum atomic E-state index is 11.4. The summed E-state index contributed by atoms with van der Waals surface area (Å²) in [5, 5.41) is 5.78. The van der Waals surface area contributed by atoms with Gasteiger partial charge in [-0.05, 0) is 6.92 Å². The summed E-state index contributed by atoms with van der Waals surface area (Å²) in [6.45, 7) is 13.2. The minimum Gasteiger partial charge on any atom is -0.380 e. The van der Waals surface area contributed by atoms with Gasteiger partial charge in [-0.2, -0.15) is 0 Å². The molecule has 0 spiro atoms. The van der Waals surface area contributed by atoms with Crippen molar-refractivity contribution in [3.05, 3.63) is 20.4 Å². The van der Waals surface area contributed by atoms with E-state index in [1.807, 2.05) is 34.6 Å². The first kappa shape index (κ1) is 26.2. The summed E-state index contributed by atoms with van der Waals surface area (Å²) in [7, 11) is 0. The molecule has 0 aliphatic rings. The quantitative estimate of drug-likeness (QED) is 0.320. The molecule has 1 aromatic carbocycles. The van der Waals surface area contributed by atoms with E-state index in [9.17, 15) is 14.4 Å². The fraction of sp³-hybridized carbons (Fsp3) is 0.750. The Morgan fingerprint density at radius 2 is 1.29 bits per heavy atom. The Bertz CT molecular complexity index is 608. The van der Waals surface area contributed by atoms with E-state index in [4.69, 9.17) is 14.2 Å². The van der Waals surface area contributed by atoms with E-state index in [2.05, 4.69) is 10.6 Å². The van der Waals surface area contributed by atoms with Crippen LogP contribution in [0.1, 0.15) is 41.0 Å². The molecule has 1 aromatic rings. The number of anilines is 2. The molecule has 0 saturated heterocycles. The molecular weight excluding hydrogens is 364 g/mol. The van der Waals surface area contributed by atoms with E-state index in [0.29, 0.717) is 70.5 Å².